The van der Waals surface area contributed by atoms with E-state index in [9.17, 15) is 8.78 Å². The fraction of sp³-hybridized carbons (Fsp3) is 1.00. The normalized spacial score (nSPS) is 28.1. The van der Waals surface area contributed by atoms with Gasteiger partial charge in [-0.3, -0.25) is 4.90 Å². The van der Waals surface area contributed by atoms with Crippen LogP contribution in [0.15, 0.2) is 0 Å². The molecule has 0 aliphatic carbocycles. The summed E-state index contributed by atoms with van der Waals surface area (Å²) in [4.78, 5) is 1.69. The number of piperidine rings is 2. The summed E-state index contributed by atoms with van der Waals surface area (Å²) in [7, 11) is 0. The molecule has 4 nitrogen and oxygen atoms in total. The Bertz CT molecular complexity index is 239. The van der Waals surface area contributed by atoms with Crippen LogP contribution >= 0.6 is 0 Å². The first-order chi connectivity index (χ1) is 9.67. The van der Waals surface area contributed by atoms with Crippen LogP contribution in [0.4, 0.5) is 8.78 Å². The molecular weight excluding hydrogens is 266 g/mol. The van der Waals surface area contributed by atoms with Gasteiger partial charge in [0.05, 0.1) is 19.8 Å². The molecule has 2 fully saturated rings. The van der Waals surface area contributed by atoms with E-state index in [1.54, 1.807) is 4.90 Å². The summed E-state index contributed by atoms with van der Waals surface area (Å²) in [6, 6.07) is 0.358. The van der Waals surface area contributed by atoms with Crippen LogP contribution in [0.25, 0.3) is 0 Å². The van der Waals surface area contributed by atoms with E-state index < -0.39 is 6.43 Å². The first-order valence-corrected chi connectivity index (χ1v) is 7.64. The average Bonchev–Trinajstić information content (AvgIpc) is 2.49. The molecule has 0 saturated carbocycles. The first kappa shape index (κ1) is 17.8. The van der Waals surface area contributed by atoms with E-state index >= 15 is 0 Å². The monoisotopic (exact) mass is 294 g/mol. The second kappa shape index (κ2) is 10.4. The quantitative estimate of drug-likeness (QED) is 0.730. The zero-order valence-corrected chi connectivity index (χ0v) is 12.1. The zero-order chi connectivity index (χ0) is 14.8. The molecule has 2 unspecified atom stereocenters. The van der Waals surface area contributed by atoms with Crippen molar-refractivity contribution in [1.29, 1.82) is 0 Å². The smallest absolute Gasteiger partial charge is 0.251 e. The number of nitrogens with one attached hydrogen (secondary N) is 1. The van der Waals surface area contributed by atoms with Crippen molar-refractivity contribution >= 4 is 0 Å². The van der Waals surface area contributed by atoms with Gasteiger partial charge < -0.3 is 15.5 Å². The molecule has 120 valence electrons. The third-order valence-corrected chi connectivity index (χ3v) is 3.97. The lowest BCUT2D eigenvalue weighted by atomic mass is 10.0. The number of likely N-dealkylation sites (tertiary alicyclic amines) is 1. The second-order valence-corrected chi connectivity index (χ2v) is 5.55. The Balaban J connectivity index is 0.000000217. The van der Waals surface area contributed by atoms with E-state index in [4.69, 9.17) is 10.2 Å². The summed E-state index contributed by atoms with van der Waals surface area (Å²) >= 11 is 0. The predicted octanol–water partition coefficient (Wildman–Crippen LogP) is 1.22. The summed E-state index contributed by atoms with van der Waals surface area (Å²) < 4.78 is 24.0. The highest BCUT2D eigenvalue weighted by Gasteiger charge is 2.23. The fourth-order valence-corrected chi connectivity index (χ4v) is 2.76. The molecule has 2 saturated heterocycles. The molecule has 6 heteroatoms. The van der Waals surface area contributed by atoms with E-state index in [0.717, 1.165) is 32.2 Å². The minimum atomic E-state index is -2.28. The summed E-state index contributed by atoms with van der Waals surface area (Å²) in [6.45, 7) is 1.92. The summed E-state index contributed by atoms with van der Waals surface area (Å²) in [5, 5.41) is 20.7. The van der Waals surface area contributed by atoms with Gasteiger partial charge in [0, 0.05) is 12.1 Å². The summed E-state index contributed by atoms with van der Waals surface area (Å²) in [6.07, 6.45) is 4.29. The Morgan fingerprint density at radius 2 is 1.80 bits per heavy atom. The Kier molecular flexibility index (Phi) is 9.26. The largest absolute Gasteiger partial charge is 0.395 e. The topological polar surface area (TPSA) is 55.7 Å². The molecular formula is C14H28F2N2O2. The highest BCUT2D eigenvalue weighted by atomic mass is 19.3. The van der Waals surface area contributed by atoms with Crippen LogP contribution in [0.3, 0.4) is 0 Å². The molecule has 2 heterocycles. The molecule has 2 aliphatic rings. The third kappa shape index (κ3) is 6.92. The molecule has 2 atom stereocenters. The minimum absolute atomic E-state index is 0.00667. The lowest BCUT2D eigenvalue weighted by Gasteiger charge is -2.34. The third-order valence-electron chi connectivity index (χ3n) is 3.97. The number of aliphatic hydroxyl groups is 2. The number of hydrogen-bond donors (Lipinski definition) is 3. The summed E-state index contributed by atoms with van der Waals surface area (Å²) in [5.41, 5.74) is 0. The molecule has 2 aliphatic heterocycles. The average molecular weight is 294 g/mol. The van der Waals surface area contributed by atoms with Gasteiger partial charge in [-0.15, -0.1) is 0 Å². The molecule has 0 bridgehead atoms. The van der Waals surface area contributed by atoms with E-state index in [2.05, 4.69) is 5.32 Å². The highest BCUT2D eigenvalue weighted by molar-refractivity contribution is 4.76. The van der Waals surface area contributed by atoms with Crippen molar-refractivity contribution in [2.75, 3.05) is 32.8 Å². The van der Waals surface area contributed by atoms with Crippen molar-refractivity contribution in [3.05, 3.63) is 0 Å². The van der Waals surface area contributed by atoms with Crippen LogP contribution in [0.5, 0.6) is 0 Å². The van der Waals surface area contributed by atoms with Crippen LogP contribution < -0.4 is 5.32 Å². The van der Waals surface area contributed by atoms with Crippen LogP contribution in [0, 0.1) is 0 Å². The van der Waals surface area contributed by atoms with Crippen LogP contribution in [-0.2, 0) is 0 Å². The molecule has 0 spiro atoms. The van der Waals surface area contributed by atoms with Crippen molar-refractivity contribution in [2.45, 2.75) is 57.0 Å². The molecule has 0 aromatic carbocycles. The van der Waals surface area contributed by atoms with E-state index in [0.29, 0.717) is 19.2 Å². The minimum Gasteiger partial charge on any atom is -0.395 e. The Labute approximate surface area is 120 Å². The molecule has 0 aromatic rings. The Morgan fingerprint density at radius 1 is 1.05 bits per heavy atom. The SMILES string of the molecule is OCC1CCCCN1.OCC1CCCCN1CC(F)F. The fourth-order valence-electron chi connectivity index (χ4n) is 2.76. The standard InChI is InChI=1S/C8H15F2NO.C6H13NO/c9-8(10)5-11-4-2-1-3-7(11)6-12;8-5-6-3-1-2-4-7-6/h7-8,12H,1-6H2;6-8H,1-5H2. The maximum atomic E-state index is 12.0. The van der Waals surface area contributed by atoms with Gasteiger partial charge >= 0.3 is 0 Å². The molecule has 20 heavy (non-hydrogen) atoms. The predicted molar refractivity (Wildman–Crippen MR) is 75.0 cm³/mol. The van der Waals surface area contributed by atoms with Gasteiger partial charge in [-0.2, -0.15) is 0 Å². The van der Waals surface area contributed by atoms with Crippen molar-refractivity contribution in [1.82, 2.24) is 10.2 Å². The van der Waals surface area contributed by atoms with E-state index in [-0.39, 0.29) is 19.2 Å². The molecule has 0 amide bonds. The lowest BCUT2D eigenvalue weighted by Crippen LogP contribution is -2.44. The summed E-state index contributed by atoms with van der Waals surface area (Å²) in [5.74, 6) is 0. The number of nitrogens with zero attached hydrogens (tertiary/aromatic N) is 1. The van der Waals surface area contributed by atoms with Crippen LogP contribution in [0.1, 0.15) is 38.5 Å². The van der Waals surface area contributed by atoms with Crippen molar-refractivity contribution in [2.24, 2.45) is 0 Å². The first-order valence-electron chi connectivity index (χ1n) is 7.64. The van der Waals surface area contributed by atoms with Gasteiger partial charge in [0.25, 0.3) is 6.43 Å². The molecule has 2 rings (SSSR count). The van der Waals surface area contributed by atoms with Gasteiger partial charge in [-0.1, -0.05) is 12.8 Å². The highest BCUT2D eigenvalue weighted by Crippen LogP contribution is 2.17. The number of alkyl halides is 2. The van der Waals surface area contributed by atoms with Crippen molar-refractivity contribution < 1.29 is 19.0 Å². The van der Waals surface area contributed by atoms with Crippen molar-refractivity contribution in [3.8, 4) is 0 Å². The van der Waals surface area contributed by atoms with Gasteiger partial charge in [0.15, 0.2) is 0 Å². The van der Waals surface area contributed by atoms with E-state index in [1.807, 2.05) is 0 Å². The lowest BCUT2D eigenvalue weighted by molar-refractivity contribution is 0.0286. The number of rotatable bonds is 4. The van der Waals surface area contributed by atoms with Crippen LogP contribution in [-0.4, -0.2) is 66.5 Å². The van der Waals surface area contributed by atoms with Gasteiger partial charge in [0.2, 0.25) is 0 Å². The zero-order valence-electron chi connectivity index (χ0n) is 12.1. The van der Waals surface area contributed by atoms with Crippen molar-refractivity contribution in [3.63, 3.8) is 0 Å². The Hall–Kier alpha value is -0.300. The molecule has 0 radical (unpaired) electrons. The second-order valence-electron chi connectivity index (χ2n) is 5.55. The van der Waals surface area contributed by atoms with E-state index in [1.165, 1.54) is 12.8 Å². The molecule has 0 aromatic heterocycles. The maximum absolute atomic E-state index is 12.0. The van der Waals surface area contributed by atoms with Gasteiger partial charge in [-0.25, -0.2) is 8.78 Å². The number of hydrogen-bond acceptors (Lipinski definition) is 4. The maximum Gasteiger partial charge on any atom is 0.251 e. The molecule has 3 N–H and O–H groups in total. The van der Waals surface area contributed by atoms with Gasteiger partial charge in [0.1, 0.15) is 0 Å². The number of halogens is 2. The van der Waals surface area contributed by atoms with Crippen LogP contribution in [0.2, 0.25) is 0 Å². The van der Waals surface area contributed by atoms with Gasteiger partial charge in [-0.05, 0) is 38.8 Å². The number of aliphatic hydroxyl groups excluding tert-OH is 2. The Morgan fingerprint density at radius 3 is 2.30 bits per heavy atom.